The summed E-state index contributed by atoms with van der Waals surface area (Å²) in [5, 5.41) is 3.16. The highest BCUT2D eigenvalue weighted by Crippen LogP contribution is 2.26. The Hall–Kier alpha value is -2.05. The average Bonchev–Trinajstić information content (AvgIpc) is 2.62. The number of halogens is 1. The molecule has 1 amide bonds. The van der Waals surface area contributed by atoms with Crippen LogP contribution in [0.15, 0.2) is 53.4 Å². The molecule has 0 bridgehead atoms. The van der Waals surface area contributed by atoms with Crippen molar-refractivity contribution < 1.29 is 13.2 Å². The summed E-state index contributed by atoms with van der Waals surface area (Å²) in [4.78, 5) is 12.7. The molecule has 0 aliphatic rings. The lowest BCUT2D eigenvalue weighted by atomic mass is 10.1. The molecule has 5 nitrogen and oxygen atoms in total. The van der Waals surface area contributed by atoms with E-state index in [1.54, 1.807) is 24.3 Å². The number of amides is 1. The molecule has 0 heterocycles. The molecular formula is C19H23ClN2O3S. The van der Waals surface area contributed by atoms with Crippen LogP contribution >= 0.6 is 11.6 Å². The smallest absolute Gasteiger partial charge is 0.264 e. The van der Waals surface area contributed by atoms with Gasteiger partial charge >= 0.3 is 0 Å². The fraction of sp³-hybridized carbons (Fsp3) is 0.316. The zero-order valence-corrected chi connectivity index (χ0v) is 16.6. The van der Waals surface area contributed by atoms with Crippen molar-refractivity contribution in [1.82, 2.24) is 5.32 Å². The maximum Gasteiger partial charge on any atom is 0.264 e. The first kappa shape index (κ1) is 20.3. The predicted molar refractivity (Wildman–Crippen MR) is 105 cm³/mol. The van der Waals surface area contributed by atoms with Crippen molar-refractivity contribution in [3.8, 4) is 0 Å². The fourth-order valence-electron chi connectivity index (χ4n) is 2.58. The highest BCUT2D eigenvalue weighted by Gasteiger charge is 2.23. The van der Waals surface area contributed by atoms with Crippen molar-refractivity contribution in [3.63, 3.8) is 0 Å². The number of nitrogens with one attached hydrogen (secondary N) is 1. The van der Waals surface area contributed by atoms with Crippen molar-refractivity contribution in [1.29, 1.82) is 0 Å². The maximum absolute atomic E-state index is 12.8. The molecule has 0 saturated carbocycles. The Morgan fingerprint density at radius 3 is 2.46 bits per heavy atom. The van der Waals surface area contributed by atoms with Gasteiger partial charge in [0.15, 0.2) is 0 Å². The fourth-order valence-corrected chi connectivity index (χ4v) is 3.99. The van der Waals surface area contributed by atoms with Crippen molar-refractivity contribution in [2.24, 2.45) is 0 Å². The quantitative estimate of drug-likeness (QED) is 0.769. The van der Waals surface area contributed by atoms with Crippen molar-refractivity contribution >= 4 is 33.2 Å². The highest BCUT2D eigenvalue weighted by atomic mass is 35.5. The molecular weight excluding hydrogens is 372 g/mol. The summed E-state index contributed by atoms with van der Waals surface area (Å²) in [7, 11) is -2.27. The van der Waals surface area contributed by atoms with Gasteiger partial charge in [-0.3, -0.25) is 9.10 Å². The van der Waals surface area contributed by atoms with Crippen LogP contribution in [0.3, 0.4) is 0 Å². The summed E-state index contributed by atoms with van der Waals surface area (Å²) in [6, 6.07) is 12.8. The third kappa shape index (κ3) is 4.56. The van der Waals surface area contributed by atoms with E-state index >= 15 is 0 Å². The van der Waals surface area contributed by atoms with E-state index in [1.807, 2.05) is 13.8 Å². The number of benzene rings is 2. The van der Waals surface area contributed by atoms with Gasteiger partial charge in [-0.1, -0.05) is 43.1 Å². The zero-order valence-electron chi connectivity index (χ0n) is 15.1. The lowest BCUT2D eigenvalue weighted by Gasteiger charge is -2.21. The molecule has 0 saturated heterocycles. The van der Waals surface area contributed by atoms with Crippen LogP contribution in [-0.2, 0) is 10.0 Å². The van der Waals surface area contributed by atoms with Gasteiger partial charge in [-0.25, -0.2) is 8.42 Å². The molecule has 7 heteroatoms. The Kier molecular flexibility index (Phi) is 6.67. The minimum absolute atomic E-state index is 0.0120. The molecule has 26 heavy (non-hydrogen) atoms. The zero-order chi connectivity index (χ0) is 19.3. The summed E-state index contributed by atoms with van der Waals surface area (Å²) in [5.74, 6) is -0.316. The molecule has 1 atom stereocenters. The van der Waals surface area contributed by atoms with E-state index in [2.05, 4.69) is 5.32 Å². The Bertz CT molecular complexity index is 870. The second-order valence-corrected chi connectivity index (χ2v) is 8.49. The predicted octanol–water partition coefficient (Wildman–Crippen LogP) is 4.08. The van der Waals surface area contributed by atoms with Crippen LogP contribution in [0.1, 0.15) is 37.0 Å². The van der Waals surface area contributed by atoms with Crippen molar-refractivity contribution in [2.75, 3.05) is 11.4 Å². The minimum Gasteiger partial charge on any atom is -0.350 e. The summed E-state index contributed by atoms with van der Waals surface area (Å²) < 4.78 is 26.7. The second kappa shape index (κ2) is 8.56. The number of carbonyl (C=O) groups is 1. The molecule has 0 aromatic heterocycles. The minimum atomic E-state index is -3.72. The molecule has 0 fully saturated rings. The number of rotatable bonds is 7. The van der Waals surface area contributed by atoms with Crippen molar-refractivity contribution in [3.05, 3.63) is 59.1 Å². The van der Waals surface area contributed by atoms with Crippen LogP contribution in [0.4, 0.5) is 5.69 Å². The lowest BCUT2D eigenvalue weighted by molar-refractivity contribution is 0.0938. The standard InChI is InChI=1S/C19H23ClN2O3S/c1-4-8-14(2)21-19(23)17-13-15(11-12-18(17)20)22(3)26(24,25)16-9-6-5-7-10-16/h5-7,9-14H,4,8H2,1-3H3,(H,21,23). The van der Waals surface area contributed by atoms with Crippen LogP contribution in [0, 0.1) is 0 Å². The SMILES string of the molecule is CCCC(C)NC(=O)c1cc(N(C)S(=O)(=O)c2ccccc2)ccc1Cl. The summed E-state index contributed by atoms with van der Waals surface area (Å²) in [6.07, 6.45) is 1.80. The van der Waals surface area contributed by atoms with Gasteiger partial charge in [-0.05, 0) is 43.7 Å². The molecule has 140 valence electrons. The third-order valence-electron chi connectivity index (χ3n) is 4.06. The van der Waals surface area contributed by atoms with Crippen LogP contribution in [-0.4, -0.2) is 27.4 Å². The Morgan fingerprint density at radius 2 is 1.85 bits per heavy atom. The summed E-state index contributed by atoms with van der Waals surface area (Å²) in [6.45, 7) is 3.96. The number of carbonyl (C=O) groups excluding carboxylic acids is 1. The van der Waals surface area contributed by atoms with E-state index in [0.29, 0.717) is 5.69 Å². The summed E-state index contributed by atoms with van der Waals surface area (Å²) in [5.41, 5.74) is 0.619. The van der Waals surface area contributed by atoms with Gasteiger partial charge in [-0.2, -0.15) is 0 Å². The Morgan fingerprint density at radius 1 is 1.19 bits per heavy atom. The number of anilines is 1. The molecule has 2 aromatic rings. The van der Waals surface area contributed by atoms with E-state index in [0.717, 1.165) is 17.1 Å². The van der Waals surface area contributed by atoms with E-state index in [4.69, 9.17) is 11.6 Å². The van der Waals surface area contributed by atoms with Gasteiger partial charge in [0, 0.05) is 13.1 Å². The van der Waals surface area contributed by atoms with Crippen molar-refractivity contribution in [2.45, 2.75) is 37.6 Å². The molecule has 1 unspecified atom stereocenters. The lowest BCUT2D eigenvalue weighted by Crippen LogP contribution is -2.33. The van der Waals surface area contributed by atoms with Gasteiger partial charge in [0.1, 0.15) is 0 Å². The molecule has 0 radical (unpaired) electrons. The normalized spacial score (nSPS) is 12.5. The van der Waals surface area contributed by atoms with Gasteiger partial charge in [0.2, 0.25) is 0 Å². The number of hydrogen-bond donors (Lipinski definition) is 1. The van der Waals surface area contributed by atoms with Gasteiger partial charge < -0.3 is 5.32 Å². The number of sulfonamides is 1. The van der Waals surface area contributed by atoms with Crippen LogP contribution in [0.25, 0.3) is 0 Å². The van der Waals surface area contributed by atoms with Crippen LogP contribution in [0.5, 0.6) is 0 Å². The first-order valence-corrected chi connectivity index (χ1v) is 10.2. The third-order valence-corrected chi connectivity index (χ3v) is 6.19. The summed E-state index contributed by atoms with van der Waals surface area (Å²) >= 11 is 6.16. The Balaban J connectivity index is 2.32. The molecule has 1 N–H and O–H groups in total. The van der Waals surface area contributed by atoms with E-state index in [9.17, 15) is 13.2 Å². The molecule has 0 aliphatic carbocycles. The topological polar surface area (TPSA) is 66.5 Å². The molecule has 0 aliphatic heterocycles. The molecule has 2 aromatic carbocycles. The van der Waals surface area contributed by atoms with Gasteiger partial charge in [-0.15, -0.1) is 0 Å². The van der Waals surface area contributed by atoms with E-state index < -0.39 is 10.0 Å². The monoisotopic (exact) mass is 394 g/mol. The van der Waals surface area contributed by atoms with Crippen LogP contribution in [0.2, 0.25) is 5.02 Å². The largest absolute Gasteiger partial charge is 0.350 e. The number of hydrogen-bond acceptors (Lipinski definition) is 3. The van der Waals surface area contributed by atoms with Crippen LogP contribution < -0.4 is 9.62 Å². The average molecular weight is 395 g/mol. The van der Waals surface area contributed by atoms with E-state index in [-0.39, 0.29) is 27.4 Å². The first-order valence-electron chi connectivity index (χ1n) is 8.41. The first-order chi connectivity index (χ1) is 12.3. The van der Waals surface area contributed by atoms with Gasteiger partial charge in [0.25, 0.3) is 15.9 Å². The second-order valence-electron chi connectivity index (χ2n) is 6.11. The molecule has 0 spiro atoms. The van der Waals surface area contributed by atoms with Gasteiger partial charge in [0.05, 0.1) is 21.2 Å². The molecule has 2 rings (SSSR count). The Labute approximate surface area is 160 Å². The maximum atomic E-state index is 12.8. The highest BCUT2D eigenvalue weighted by molar-refractivity contribution is 7.92. The van der Waals surface area contributed by atoms with E-state index in [1.165, 1.54) is 31.3 Å². The number of nitrogens with zero attached hydrogens (tertiary/aromatic N) is 1.